The highest BCUT2D eigenvalue weighted by atomic mass is 35.5. The summed E-state index contributed by atoms with van der Waals surface area (Å²) in [6, 6.07) is 13.5. The summed E-state index contributed by atoms with van der Waals surface area (Å²) in [5.41, 5.74) is 2.03. The Hall–Kier alpha value is -3.25. The third-order valence-corrected chi connectivity index (χ3v) is 4.17. The highest BCUT2D eigenvalue weighted by Crippen LogP contribution is 2.20. The van der Waals surface area contributed by atoms with E-state index < -0.39 is 17.6 Å². The summed E-state index contributed by atoms with van der Waals surface area (Å²) >= 11 is 6.06. The number of anilines is 2. The average molecular weight is 384 g/mol. The number of aryl methyl sites for hydroxylation is 1. The van der Waals surface area contributed by atoms with Gasteiger partial charge in [-0.15, -0.1) is 0 Å². The molecule has 0 unspecified atom stereocenters. The van der Waals surface area contributed by atoms with Crippen molar-refractivity contribution in [1.29, 1.82) is 0 Å². The van der Waals surface area contributed by atoms with E-state index >= 15 is 0 Å². The monoisotopic (exact) mass is 383 g/mol. The summed E-state index contributed by atoms with van der Waals surface area (Å²) in [7, 11) is 0. The molecular formula is C20H15ClFN3O2. The highest BCUT2D eigenvalue weighted by molar-refractivity contribution is 6.31. The molecule has 5 nitrogen and oxygen atoms in total. The second-order valence-electron chi connectivity index (χ2n) is 5.81. The Morgan fingerprint density at radius 1 is 0.963 bits per heavy atom. The normalized spacial score (nSPS) is 10.3. The molecule has 2 N–H and O–H groups in total. The van der Waals surface area contributed by atoms with Crippen molar-refractivity contribution in [2.24, 2.45) is 0 Å². The number of benzene rings is 2. The number of rotatable bonds is 4. The first-order valence-electron chi connectivity index (χ1n) is 8.03. The molecule has 2 aromatic carbocycles. The molecule has 136 valence electrons. The van der Waals surface area contributed by atoms with Gasteiger partial charge in [0.1, 0.15) is 11.5 Å². The Labute approximate surface area is 160 Å². The third kappa shape index (κ3) is 4.68. The zero-order valence-electron chi connectivity index (χ0n) is 14.3. The molecule has 0 bridgehead atoms. The van der Waals surface area contributed by atoms with Gasteiger partial charge in [-0.05, 0) is 55.0 Å². The molecule has 0 aliphatic heterocycles. The first-order valence-corrected chi connectivity index (χ1v) is 8.40. The summed E-state index contributed by atoms with van der Waals surface area (Å²) in [4.78, 5) is 28.7. The van der Waals surface area contributed by atoms with E-state index in [0.29, 0.717) is 16.4 Å². The van der Waals surface area contributed by atoms with Gasteiger partial charge >= 0.3 is 0 Å². The van der Waals surface area contributed by atoms with Gasteiger partial charge in [0.25, 0.3) is 11.8 Å². The Kier molecular flexibility index (Phi) is 5.47. The lowest BCUT2D eigenvalue weighted by molar-refractivity contribution is 0.102. The Balaban J connectivity index is 1.75. The number of halogens is 2. The van der Waals surface area contributed by atoms with E-state index in [9.17, 15) is 14.0 Å². The number of amides is 2. The van der Waals surface area contributed by atoms with Crippen LogP contribution in [-0.2, 0) is 0 Å². The molecule has 0 atom stereocenters. The van der Waals surface area contributed by atoms with Crippen molar-refractivity contribution in [3.8, 4) is 0 Å². The lowest BCUT2D eigenvalue weighted by Crippen LogP contribution is -2.17. The van der Waals surface area contributed by atoms with Crippen LogP contribution in [0.1, 0.15) is 26.4 Å². The number of aromatic nitrogens is 1. The predicted octanol–water partition coefficient (Wildman–Crippen LogP) is 4.69. The fraction of sp³-hybridized carbons (Fsp3) is 0.0500. The van der Waals surface area contributed by atoms with E-state index in [4.69, 9.17) is 11.6 Å². The molecule has 0 aliphatic carbocycles. The number of hydrogen-bond donors (Lipinski definition) is 2. The Morgan fingerprint density at radius 3 is 2.44 bits per heavy atom. The smallest absolute Gasteiger partial charge is 0.274 e. The largest absolute Gasteiger partial charge is 0.322 e. The number of carbonyl (C=O) groups is 2. The molecule has 0 radical (unpaired) electrons. The number of carbonyl (C=O) groups excluding carboxylic acids is 2. The van der Waals surface area contributed by atoms with Gasteiger partial charge in [0.2, 0.25) is 0 Å². The first-order chi connectivity index (χ1) is 12.9. The van der Waals surface area contributed by atoms with Crippen LogP contribution in [0.3, 0.4) is 0 Å². The van der Waals surface area contributed by atoms with Crippen LogP contribution in [0.2, 0.25) is 5.02 Å². The fourth-order valence-electron chi connectivity index (χ4n) is 2.33. The summed E-state index contributed by atoms with van der Waals surface area (Å²) < 4.78 is 13.2. The maximum atomic E-state index is 13.2. The van der Waals surface area contributed by atoms with Gasteiger partial charge in [-0.2, -0.15) is 0 Å². The zero-order chi connectivity index (χ0) is 19.4. The molecule has 1 heterocycles. The van der Waals surface area contributed by atoms with Gasteiger partial charge in [0.05, 0.1) is 0 Å². The minimum Gasteiger partial charge on any atom is -0.322 e. The number of nitrogens with zero attached hydrogens (tertiary/aromatic N) is 1. The van der Waals surface area contributed by atoms with Crippen LogP contribution >= 0.6 is 11.6 Å². The van der Waals surface area contributed by atoms with E-state index in [1.807, 2.05) is 6.92 Å². The fourth-order valence-corrected chi connectivity index (χ4v) is 2.51. The number of hydrogen-bond acceptors (Lipinski definition) is 3. The minimum atomic E-state index is -0.548. The van der Waals surface area contributed by atoms with Crippen molar-refractivity contribution < 1.29 is 14.0 Å². The van der Waals surface area contributed by atoms with Crippen LogP contribution in [0.15, 0.2) is 60.8 Å². The molecule has 3 rings (SSSR count). The summed E-state index contributed by atoms with van der Waals surface area (Å²) in [5.74, 6) is -1.42. The third-order valence-electron chi connectivity index (χ3n) is 3.77. The molecule has 3 aromatic rings. The van der Waals surface area contributed by atoms with Crippen LogP contribution in [-0.4, -0.2) is 16.8 Å². The summed E-state index contributed by atoms with van der Waals surface area (Å²) in [6.45, 7) is 1.86. The van der Waals surface area contributed by atoms with E-state index in [1.54, 1.807) is 24.3 Å². The van der Waals surface area contributed by atoms with Crippen molar-refractivity contribution in [3.05, 3.63) is 88.5 Å². The van der Waals surface area contributed by atoms with Crippen molar-refractivity contribution >= 4 is 34.8 Å². The van der Waals surface area contributed by atoms with Crippen LogP contribution in [0, 0.1) is 12.7 Å². The topological polar surface area (TPSA) is 71.1 Å². The molecule has 7 heteroatoms. The molecule has 2 amide bonds. The lowest BCUT2D eigenvalue weighted by Gasteiger charge is -2.08. The van der Waals surface area contributed by atoms with Crippen LogP contribution in [0.4, 0.5) is 15.8 Å². The molecule has 0 fully saturated rings. The number of nitrogens with one attached hydrogen (secondary N) is 2. The van der Waals surface area contributed by atoms with Crippen molar-refractivity contribution in [2.45, 2.75) is 6.92 Å². The number of pyridine rings is 1. The molecule has 0 saturated carbocycles. The quantitative estimate of drug-likeness (QED) is 0.686. The zero-order valence-corrected chi connectivity index (χ0v) is 15.0. The van der Waals surface area contributed by atoms with E-state index in [2.05, 4.69) is 15.6 Å². The van der Waals surface area contributed by atoms with Crippen LogP contribution in [0.5, 0.6) is 0 Å². The van der Waals surface area contributed by atoms with E-state index in [-0.39, 0.29) is 11.3 Å². The van der Waals surface area contributed by atoms with Crippen molar-refractivity contribution in [2.75, 3.05) is 10.6 Å². The molecule has 1 aromatic heterocycles. The predicted molar refractivity (Wildman–Crippen MR) is 103 cm³/mol. The van der Waals surface area contributed by atoms with Gasteiger partial charge < -0.3 is 10.6 Å². The maximum Gasteiger partial charge on any atom is 0.274 e. The Morgan fingerprint density at radius 2 is 1.70 bits per heavy atom. The van der Waals surface area contributed by atoms with Gasteiger partial charge in [-0.3, -0.25) is 14.6 Å². The first kappa shape index (κ1) is 18.5. The molecule has 27 heavy (non-hydrogen) atoms. The van der Waals surface area contributed by atoms with Gasteiger partial charge in [0, 0.05) is 28.2 Å². The second kappa shape index (κ2) is 7.97. The second-order valence-corrected chi connectivity index (χ2v) is 6.22. The van der Waals surface area contributed by atoms with Gasteiger partial charge in [-0.25, -0.2) is 4.39 Å². The van der Waals surface area contributed by atoms with Crippen molar-refractivity contribution in [1.82, 2.24) is 4.98 Å². The molecular weight excluding hydrogens is 369 g/mol. The molecule has 0 saturated heterocycles. The van der Waals surface area contributed by atoms with E-state index in [0.717, 1.165) is 5.56 Å². The minimum absolute atomic E-state index is 0.0360. The summed E-state index contributed by atoms with van der Waals surface area (Å²) in [6.07, 6.45) is 1.36. The summed E-state index contributed by atoms with van der Waals surface area (Å²) in [5, 5.41) is 5.79. The standard InChI is InChI=1S/C20H15ClFN3O2/c1-12-5-6-16(11-17(12)21)24-19(26)13-7-8-23-18(9-13)20(27)25-15-4-2-3-14(22)10-15/h2-11H,1H3,(H,24,26)(H,25,27). The molecule has 0 spiro atoms. The highest BCUT2D eigenvalue weighted by Gasteiger charge is 2.13. The van der Waals surface area contributed by atoms with Gasteiger partial charge in [0.15, 0.2) is 0 Å². The van der Waals surface area contributed by atoms with Crippen molar-refractivity contribution in [3.63, 3.8) is 0 Å². The maximum absolute atomic E-state index is 13.2. The average Bonchev–Trinajstić information content (AvgIpc) is 2.65. The van der Waals surface area contributed by atoms with E-state index in [1.165, 1.54) is 36.5 Å². The van der Waals surface area contributed by atoms with Gasteiger partial charge in [-0.1, -0.05) is 23.7 Å². The lowest BCUT2D eigenvalue weighted by atomic mass is 10.2. The van der Waals surface area contributed by atoms with Crippen LogP contribution in [0.25, 0.3) is 0 Å². The van der Waals surface area contributed by atoms with Crippen LogP contribution < -0.4 is 10.6 Å². The molecule has 0 aliphatic rings. The SMILES string of the molecule is Cc1ccc(NC(=O)c2ccnc(C(=O)Nc3cccc(F)c3)c2)cc1Cl. The Bertz CT molecular complexity index is 1020.